The smallest absolute Gasteiger partial charge is 0.306 e. The van der Waals surface area contributed by atoms with Crippen molar-refractivity contribution in [3.8, 4) is 0 Å². The van der Waals surface area contributed by atoms with E-state index in [9.17, 15) is 19.0 Å². The molecular weight excluding hydrogens is 605 g/mol. The lowest BCUT2D eigenvalue weighted by Gasteiger charge is -2.28. The third-order valence-electron chi connectivity index (χ3n) is 8.13. The number of quaternary nitrogens is 1. The van der Waals surface area contributed by atoms with Crippen LogP contribution in [0.4, 0.5) is 0 Å². The molecule has 2 atom stereocenters. The van der Waals surface area contributed by atoms with E-state index in [2.05, 4.69) is 13.8 Å². The molecule has 1 unspecified atom stereocenters. The molecule has 0 rings (SSSR count). The van der Waals surface area contributed by atoms with Crippen LogP contribution in [0.25, 0.3) is 0 Å². The molecule has 0 aromatic rings. The fourth-order valence-electron chi connectivity index (χ4n) is 5.12. The molecule has 0 radical (unpaired) electrons. The number of rotatable bonds is 34. The van der Waals surface area contributed by atoms with Crippen molar-refractivity contribution in [2.45, 2.75) is 174 Å². The standard InChI is InChI=1S/C36H72NO8P/c1-6-8-10-12-14-15-16-17-18-19-20-21-23-24-26-28-35(38)42-32-34(33-44-46(40,41)43-31-30-37(3,4)5)45-36(39)29-27-25-22-13-11-9-7-2/h34H,6-33H2,1-5H3/t34-/m1/s1. The molecule has 0 fully saturated rings. The highest BCUT2D eigenvalue weighted by Gasteiger charge is 2.21. The van der Waals surface area contributed by atoms with E-state index in [1.165, 1.54) is 96.3 Å². The maximum atomic E-state index is 12.5. The van der Waals surface area contributed by atoms with E-state index in [1.54, 1.807) is 0 Å². The second-order valence-electron chi connectivity index (χ2n) is 14.0. The van der Waals surface area contributed by atoms with E-state index in [-0.39, 0.29) is 32.0 Å². The van der Waals surface area contributed by atoms with Crippen LogP contribution in [0.1, 0.15) is 168 Å². The Kier molecular flexibility index (Phi) is 29.4. The van der Waals surface area contributed by atoms with Crippen LogP contribution in [0.5, 0.6) is 0 Å². The average Bonchev–Trinajstić information content (AvgIpc) is 2.99. The first-order valence-corrected chi connectivity index (χ1v) is 20.2. The van der Waals surface area contributed by atoms with Gasteiger partial charge in [0, 0.05) is 12.8 Å². The van der Waals surface area contributed by atoms with Crippen molar-refractivity contribution in [1.29, 1.82) is 0 Å². The Morgan fingerprint density at radius 2 is 0.978 bits per heavy atom. The number of ether oxygens (including phenoxy) is 2. The molecule has 0 spiro atoms. The van der Waals surface area contributed by atoms with Crippen molar-refractivity contribution in [3.63, 3.8) is 0 Å². The molecule has 274 valence electrons. The van der Waals surface area contributed by atoms with Gasteiger partial charge in [0.25, 0.3) is 7.82 Å². The molecular formula is C36H72NO8P. The molecule has 9 nitrogen and oxygen atoms in total. The summed E-state index contributed by atoms with van der Waals surface area (Å²) >= 11 is 0. The zero-order chi connectivity index (χ0) is 34.4. The predicted octanol–water partition coefficient (Wildman–Crippen LogP) is 9.05. The topological polar surface area (TPSA) is 111 Å². The Bertz CT molecular complexity index is 774. The lowest BCUT2D eigenvalue weighted by molar-refractivity contribution is -0.870. The number of phosphoric acid groups is 1. The Morgan fingerprint density at radius 1 is 0.587 bits per heavy atom. The molecule has 0 aliphatic rings. The minimum Gasteiger partial charge on any atom is -0.756 e. The normalized spacial score (nSPS) is 13.8. The maximum absolute atomic E-state index is 12.5. The number of carbonyl (C=O) groups excluding carboxylic acids is 2. The van der Waals surface area contributed by atoms with Crippen LogP contribution in [0.3, 0.4) is 0 Å². The SMILES string of the molecule is CCCCCCCCCCCCCCCCCC(=O)OC[C@H](COP(=O)([O-])OCC[N+](C)(C)C)OC(=O)CCCCCCCCC. The summed E-state index contributed by atoms with van der Waals surface area (Å²) in [6, 6.07) is 0. The maximum Gasteiger partial charge on any atom is 0.306 e. The van der Waals surface area contributed by atoms with Crippen molar-refractivity contribution < 1.29 is 42.1 Å². The van der Waals surface area contributed by atoms with Crippen LogP contribution in [0.15, 0.2) is 0 Å². The van der Waals surface area contributed by atoms with Gasteiger partial charge in [0.05, 0.1) is 27.7 Å². The molecule has 0 aromatic heterocycles. The Hall–Kier alpha value is -0.990. The molecule has 0 aliphatic carbocycles. The number of carbonyl (C=O) groups is 2. The first-order valence-electron chi connectivity index (χ1n) is 18.7. The highest BCUT2D eigenvalue weighted by Crippen LogP contribution is 2.38. The summed E-state index contributed by atoms with van der Waals surface area (Å²) < 4.78 is 33.6. The van der Waals surface area contributed by atoms with Crippen LogP contribution < -0.4 is 4.89 Å². The van der Waals surface area contributed by atoms with E-state index >= 15 is 0 Å². The van der Waals surface area contributed by atoms with Gasteiger partial charge >= 0.3 is 11.9 Å². The van der Waals surface area contributed by atoms with Crippen LogP contribution in [0.2, 0.25) is 0 Å². The van der Waals surface area contributed by atoms with Gasteiger partial charge in [0.2, 0.25) is 0 Å². The average molecular weight is 678 g/mol. The Balaban J connectivity index is 4.31. The molecule has 0 saturated carbocycles. The largest absolute Gasteiger partial charge is 0.756 e. The van der Waals surface area contributed by atoms with Crippen LogP contribution in [-0.4, -0.2) is 70.0 Å². The molecule has 10 heteroatoms. The van der Waals surface area contributed by atoms with Gasteiger partial charge in [-0.25, -0.2) is 0 Å². The minimum absolute atomic E-state index is 0.0266. The lowest BCUT2D eigenvalue weighted by Crippen LogP contribution is -2.37. The number of unbranched alkanes of at least 4 members (excludes halogenated alkanes) is 20. The third-order valence-corrected chi connectivity index (χ3v) is 9.09. The van der Waals surface area contributed by atoms with Gasteiger partial charge in [0.15, 0.2) is 6.10 Å². The Labute approximate surface area is 283 Å². The van der Waals surface area contributed by atoms with Crippen molar-refractivity contribution in [1.82, 2.24) is 0 Å². The van der Waals surface area contributed by atoms with Gasteiger partial charge in [0.1, 0.15) is 19.8 Å². The van der Waals surface area contributed by atoms with Crippen molar-refractivity contribution in [3.05, 3.63) is 0 Å². The minimum atomic E-state index is -4.60. The van der Waals surface area contributed by atoms with E-state index in [4.69, 9.17) is 18.5 Å². The molecule has 0 bridgehead atoms. The number of hydrogen-bond acceptors (Lipinski definition) is 8. The predicted molar refractivity (Wildman–Crippen MR) is 185 cm³/mol. The molecule has 0 N–H and O–H groups in total. The van der Waals surface area contributed by atoms with Gasteiger partial charge in [-0.2, -0.15) is 0 Å². The monoisotopic (exact) mass is 677 g/mol. The quantitative estimate of drug-likeness (QED) is 0.0287. The fourth-order valence-corrected chi connectivity index (χ4v) is 5.85. The molecule has 0 aromatic carbocycles. The first kappa shape index (κ1) is 45.0. The molecule has 0 aliphatic heterocycles. The van der Waals surface area contributed by atoms with Gasteiger partial charge in [-0.3, -0.25) is 14.2 Å². The van der Waals surface area contributed by atoms with Crippen molar-refractivity contribution in [2.75, 3.05) is 47.5 Å². The first-order chi connectivity index (χ1) is 22.0. The van der Waals surface area contributed by atoms with Gasteiger partial charge in [-0.15, -0.1) is 0 Å². The summed E-state index contributed by atoms with van der Waals surface area (Å²) in [6.07, 6.45) is 25.7. The van der Waals surface area contributed by atoms with Crippen LogP contribution in [0, 0.1) is 0 Å². The number of nitrogens with zero attached hydrogens (tertiary/aromatic N) is 1. The van der Waals surface area contributed by atoms with Crippen molar-refractivity contribution >= 4 is 19.8 Å². The van der Waals surface area contributed by atoms with Crippen LogP contribution in [-0.2, 0) is 32.7 Å². The summed E-state index contributed by atoms with van der Waals surface area (Å²) in [4.78, 5) is 37.1. The van der Waals surface area contributed by atoms with E-state index in [0.717, 1.165) is 38.5 Å². The number of hydrogen-bond donors (Lipinski definition) is 0. The summed E-state index contributed by atoms with van der Waals surface area (Å²) in [5, 5.41) is 0. The van der Waals surface area contributed by atoms with Crippen LogP contribution >= 0.6 is 7.82 Å². The summed E-state index contributed by atoms with van der Waals surface area (Å²) in [5.41, 5.74) is 0. The van der Waals surface area contributed by atoms with Gasteiger partial charge < -0.3 is 27.9 Å². The Morgan fingerprint density at radius 3 is 1.39 bits per heavy atom. The lowest BCUT2D eigenvalue weighted by atomic mass is 10.0. The second kappa shape index (κ2) is 30.1. The molecule has 46 heavy (non-hydrogen) atoms. The zero-order valence-corrected chi connectivity index (χ0v) is 31.4. The molecule has 0 saturated heterocycles. The second-order valence-corrected chi connectivity index (χ2v) is 15.4. The summed E-state index contributed by atoms with van der Waals surface area (Å²) in [7, 11) is 1.17. The highest BCUT2D eigenvalue weighted by molar-refractivity contribution is 7.45. The van der Waals surface area contributed by atoms with Gasteiger partial charge in [-0.05, 0) is 12.8 Å². The third kappa shape index (κ3) is 32.9. The summed E-state index contributed by atoms with van der Waals surface area (Å²) in [5.74, 6) is -0.834. The van der Waals surface area contributed by atoms with Gasteiger partial charge in [-0.1, -0.05) is 142 Å². The van der Waals surface area contributed by atoms with E-state index in [1.807, 2.05) is 21.1 Å². The highest BCUT2D eigenvalue weighted by atomic mass is 31.2. The number of likely N-dealkylation sites (N-methyl/N-ethyl adjacent to an activating group) is 1. The molecule has 0 amide bonds. The van der Waals surface area contributed by atoms with E-state index < -0.39 is 26.5 Å². The summed E-state index contributed by atoms with van der Waals surface area (Å²) in [6.45, 7) is 4.18. The number of esters is 2. The van der Waals surface area contributed by atoms with Crippen molar-refractivity contribution in [2.24, 2.45) is 0 Å². The zero-order valence-electron chi connectivity index (χ0n) is 30.5. The fraction of sp³-hybridized carbons (Fsp3) is 0.944. The van der Waals surface area contributed by atoms with E-state index in [0.29, 0.717) is 17.4 Å². The number of phosphoric ester groups is 1. The molecule has 0 heterocycles.